The maximum absolute atomic E-state index is 12.3. The van der Waals surface area contributed by atoms with Crippen molar-refractivity contribution in [2.24, 2.45) is 16.8 Å². The van der Waals surface area contributed by atoms with E-state index in [1.165, 1.54) is 24.6 Å². The fourth-order valence-electron chi connectivity index (χ4n) is 3.42. The number of sulfonamides is 1. The number of rotatable bonds is 8. The van der Waals surface area contributed by atoms with E-state index in [0.29, 0.717) is 18.4 Å². The van der Waals surface area contributed by atoms with Crippen molar-refractivity contribution >= 4 is 45.6 Å². The molecule has 2 N–H and O–H groups in total. The van der Waals surface area contributed by atoms with Gasteiger partial charge in [-0.15, -0.1) is 24.0 Å². The minimum atomic E-state index is -3.81. The van der Waals surface area contributed by atoms with E-state index in [-0.39, 0.29) is 41.1 Å². The lowest BCUT2D eigenvalue weighted by molar-refractivity contribution is -0.385. The van der Waals surface area contributed by atoms with Crippen LogP contribution < -0.4 is 10.0 Å². The van der Waals surface area contributed by atoms with E-state index in [1.54, 1.807) is 7.05 Å². The SMILES string of the molecule is CN=C(NCCNS(=O)(=O)c1cccc([N+](=O)[O-])c1)N1CCC(CC(C)C)C1.I. The molecule has 1 unspecified atom stereocenters. The zero-order chi connectivity index (χ0) is 20.7. The number of aliphatic imine (C=N–C) groups is 1. The number of non-ortho nitro benzene ring substituents is 1. The van der Waals surface area contributed by atoms with Gasteiger partial charge in [-0.3, -0.25) is 15.1 Å². The normalized spacial score (nSPS) is 17.3. The molecule has 0 amide bonds. The molecule has 1 saturated heterocycles. The van der Waals surface area contributed by atoms with E-state index in [9.17, 15) is 18.5 Å². The Kier molecular flexibility index (Phi) is 10.3. The summed E-state index contributed by atoms with van der Waals surface area (Å²) in [5.74, 6) is 2.09. The van der Waals surface area contributed by atoms with Crippen LogP contribution >= 0.6 is 24.0 Å². The van der Waals surface area contributed by atoms with E-state index in [4.69, 9.17) is 0 Å². The number of nitro groups is 1. The average molecular weight is 539 g/mol. The Bertz CT molecular complexity index is 816. The van der Waals surface area contributed by atoms with Crippen LogP contribution in [0.4, 0.5) is 5.69 Å². The van der Waals surface area contributed by atoms with Crippen LogP contribution in [0.25, 0.3) is 0 Å². The third-order valence-electron chi connectivity index (χ3n) is 4.64. The van der Waals surface area contributed by atoms with Crippen LogP contribution in [0.15, 0.2) is 34.2 Å². The molecule has 0 bridgehead atoms. The van der Waals surface area contributed by atoms with Crippen LogP contribution in [0.2, 0.25) is 0 Å². The minimum Gasteiger partial charge on any atom is -0.355 e. The molecule has 11 heteroatoms. The minimum absolute atomic E-state index is 0. The number of nitro benzene ring substituents is 1. The molecule has 1 fully saturated rings. The summed E-state index contributed by atoms with van der Waals surface area (Å²) in [7, 11) is -2.10. The van der Waals surface area contributed by atoms with Gasteiger partial charge in [0.15, 0.2) is 5.96 Å². The first-order valence-electron chi connectivity index (χ1n) is 9.42. The van der Waals surface area contributed by atoms with Crippen molar-refractivity contribution in [3.63, 3.8) is 0 Å². The Hall–Kier alpha value is -1.47. The van der Waals surface area contributed by atoms with E-state index in [0.717, 1.165) is 31.5 Å². The molecular weight excluding hydrogens is 509 g/mol. The number of nitrogens with zero attached hydrogens (tertiary/aromatic N) is 3. The van der Waals surface area contributed by atoms with Gasteiger partial charge in [0, 0.05) is 45.4 Å². The van der Waals surface area contributed by atoms with Gasteiger partial charge in [0.2, 0.25) is 10.0 Å². The maximum Gasteiger partial charge on any atom is 0.270 e. The van der Waals surface area contributed by atoms with E-state index < -0.39 is 14.9 Å². The zero-order valence-corrected chi connectivity index (χ0v) is 20.1. The zero-order valence-electron chi connectivity index (χ0n) is 17.0. The number of benzene rings is 1. The highest BCUT2D eigenvalue weighted by atomic mass is 127. The Balaban J connectivity index is 0.00000420. The first kappa shape index (κ1) is 25.6. The van der Waals surface area contributed by atoms with Crippen LogP contribution in [-0.4, -0.2) is 57.4 Å². The number of likely N-dealkylation sites (tertiary alicyclic amines) is 1. The molecule has 1 aromatic rings. The van der Waals surface area contributed by atoms with Gasteiger partial charge in [0.1, 0.15) is 0 Å². The topological polar surface area (TPSA) is 117 Å². The lowest BCUT2D eigenvalue weighted by Gasteiger charge is -2.22. The van der Waals surface area contributed by atoms with Crippen molar-refractivity contribution < 1.29 is 13.3 Å². The van der Waals surface area contributed by atoms with E-state index in [1.807, 2.05) is 0 Å². The summed E-state index contributed by atoms with van der Waals surface area (Å²) in [5, 5.41) is 14.0. The number of halogens is 1. The molecule has 1 aliphatic rings. The summed E-state index contributed by atoms with van der Waals surface area (Å²) >= 11 is 0. The number of guanidine groups is 1. The molecule has 2 rings (SSSR count). The van der Waals surface area contributed by atoms with Gasteiger partial charge in [-0.2, -0.15) is 0 Å². The lowest BCUT2D eigenvalue weighted by Crippen LogP contribution is -2.43. The summed E-state index contributed by atoms with van der Waals surface area (Å²) in [6.45, 7) is 6.86. The van der Waals surface area contributed by atoms with Gasteiger partial charge in [0.25, 0.3) is 5.69 Å². The van der Waals surface area contributed by atoms with Crippen molar-refractivity contribution in [3.05, 3.63) is 34.4 Å². The Morgan fingerprint density at radius 2 is 2.10 bits per heavy atom. The van der Waals surface area contributed by atoms with Gasteiger partial charge in [-0.25, -0.2) is 13.1 Å². The highest BCUT2D eigenvalue weighted by molar-refractivity contribution is 14.0. The molecule has 1 heterocycles. The Labute approximate surface area is 189 Å². The largest absolute Gasteiger partial charge is 0.355 e. The lowest BCUT2D eigenvalue weighted by atomic mass is 9.97. The molecule has 0 aromatic heterocycles. The van der Waals surface area contributed by atoms with Gasteiger partial charge >= 0.3 is 0 Å². The fraction of sp³-hybridized carbons (Fsp3) is 0.611. The molecule has 29 heavy (non-hydrogen) atoms. The third-order valence-corrected chi connectivity index (χ3v) is 6.10. The average Bonchev–Trinajstić information content (AvgIpc) is 3.09. The van der Waals surface area contributed by atoms with Crippen molar-refractivity contribution in [2.45, 2.75) is 31.6 Å². The van der Waals surface area contributed by atoms with Crippen molar-refractivity contribution in [1.82, 2.24) is 14.9 Å². The standard InChI is InChI=1S/C18H29N5O4S.HI/c1-14(2)11-15-7-10-22(13-15)18(19-3)20-8-9-21-28(26,27)17-6-4-5-16(12-17)23(24)25;/h4-6,12,14-15,21H,7-11,13H2,1-3H3,(H,19,20);1H. The molecular formula is C18H30IN5O4S. The van der Waals surface area contributed by atoms with Gasteiger partial charge < -0.3 is 10.2 Å². The second-order valence-corrected chi connectivity index (χ2v) is 9.12. The maximum atomic E-state index is 12.3. The molecule has 0 radical (unpaired) electrons. The highest BCUT2D eigenvalue weighted by Gasteiger charge is 2.25. The van der Waals surface area contributed by atoms with E-state index >= 15 is 0 Å². The molecule has 1 aliphatic heterocycles. The fourth-order valence-corrected chi connectivity index (χ4v) is 4.49. The first-order chi connectivity index (χ1) is 13.2. The molecule has 9 nitrogen and oxygen atoms in total. The molecule has 0 aliphatic carbocycles. The summed E-state index contributed by atoms with van der Waals surface area (Å²) in [4.78, 5) is 16.6. The molecule has 1 atom stereocenters. The van der Waals surface area contributed by atoms with Gasteiger partial charge in [0.05, 0.1) is 9.82 Å². The second-order valence-electron chi connectivity index (χ2n) is 7.36. The molecule has 0 spiro atoms. The molecule has 0 saturated carbocycles. The summed E-state index contributed by atoms with van der Waals surface area (Å²) in [5.41, 5.74) is -0.258. The first-order valence-corrected chi connectivity index (χ1v) is 10.9. The van der Waals surface area contributed by atoms with Crippen LogP contribution in [0.3, 0.4) is 0 Å². The molecule has 164 valence electrons. The van der Waals surface area contributed by atoms with Crippen molar-refractivity contribution in [1.29, 1.82) is 0 Å². The predicted molar refractivity (Wildman–Crippen MR) is 124 cm³/mol. The van der Waals surface area contributed by atoms with Gasteiger partial charge in [-0.05, 0) is 30.7 Å². The van der Waals surface area contributed by atoms with Crippen molar-refractivity contribution in [3.8, 4) is 0 Å². The van der Waals surface area contributed by atoms with Crippen molar-refractivity contribution in [2.75, 3.05) is 33.2 Å². The number of hydrogen-bond acceptors (Lipinski definition) is 5. The second kappa shape index (κ2) is 11.6. The monoisotopic (exact) mass is 539 g/mol. The Morgan fingerprint density at radius 3 is 2.72 bits per heavy atom. The third kappa shape index (κ3) is 7.70. The van der Waals surface area contributed by atoms with Crippen LogP contribution in [0.1, 0.15) is 26.7 Å². The predicted octanol–water partition coefficient (Wildman–Crippen LogP) is 2.43. The Morgan fingerprint density at radius 1 is 1.38 bits per heavy atom. The van der Waals surface area contributed by atoms with Crippen LogP contribution in [0.5, 0.6) is 0 Å². The summed E-state index contributed by atoms with van der Waals surface area (Å²) < 4.78 is 27.1. The molecule has 1 aromatic carbocycles. The van der Waals surface area contributed by atoms with E-state index in [2.05, 4.69) is 33.8 Å². The summed E-state index contributed by atoms with van der Waals surface area (Å²) in [6, 6.07) is 5.00. The highest BCUT2D eigenvalue weighted by Crippen LogP contribution is 2.23. The van der Waals surface area contributed by atoms with Crippen LogP contribution in [0, 0.1) is 22.0 Å². The quantitative estimate of drug-likeness (QED) is 0.131. The number of hydrogen-bond donors (Lipinski definition) is 2. The van der Waals surface area contributed by atoms with Crippen LogP contribution in [-0.2, 0) is 10.0 Å². The number of nitrogens with one attached hydrogen (secondary N) is 2. The van der Waals surface area contributed by atoms with Gasteiger partial charge in [-0.1, -0.05) is 19.9 Å². The smallest absolute Gasteiger partial charge is 0.270 e. The summed E-state index contributed by atoms with van der Waals surface area (Å²) in [6.07, 6.45) is 2.33.